The molecule has 2 aromatic carbocycles. The van der Waals surface area contributed by atoms with Gasteiger partial charge in [0.25, 0.3) is 5.69 Å². The monoisotopic (exact) mass is 481 g/mol. The second-order valence-corrected chi connectivity index (χ2v) is 6.43. The van der Waals surface area contributed by atoms with Crippen LogP contribution < -0.4 is 9.47 Å². The molecule has 184 valence electrons. The van der Waals surface area contributed by atoms with Crippen LogP contribution in [0.2, 0.25) is 0 Å². The van der Waals surface area contributed by atoms with Gasteiger partial charge in [-0.3, -0.25) is 30.3 Å². The van der Waals surface area contributed by atoms with E-state index in [0.29, 0.717) is 13.2 Å². The van der Waals surface area contributed by atoms with E-state index in [1.165, 1.54) is 18.2 Å². The summed E-state index contributed by atoms with van der Waals surface area (Å²) in [5, 5.41) is 32.6. The van der Waals surface area contributed by atoms with Crippen molar-refractivity contribution in [3.8, 4) is 11.5 Å². The molecule has 2 aromatic rings. The molecule has 0 fully saturated rings. The van der Waals surface area contributed by atoms with E-state index in [4.69, 9.17) is 23.7 Å². The van der Waals surface area contributed by atoms with Gasteiger partial charge in [0.1, 0.15) is 13.2 Å². The number of rotatable bonds is 17. The molecular formula is C20H23N3O11. The van der Waals surface area contributed by atoms with Crippen molar-refractivity contribution in [1.29, 1.82) is 0 Å². The fourth-order valence-corrected chi connectivity index (χ4v) is 2.58. The molecule has 14 heteroatoms. The number of benzene rings is 2. The molecule has 0 unspecified atom stereocenters. The van der Waals surface area contributed by atoms with Crippen molar-refractivity contribution in [3.05, 3.63) is 72.8 Å². The quantitative estimate of drug-likeness (QED) is 0.184. The third-order valence-corrected chi connectivity index (χ3v) is 4.13. The van der Waals surface area contributed by atoms with Crippen molar-refractivity contribution < 1.29 is 38.5 Å². The highest BCUT2D eigenvalue weighted by atomic mass is 16.6. The van der Waals surface area contributed by atoms with E-state index in [9.17, 15) is 30.3 Å². The van der Waals surface area contributed by atoms with Crippen LogP contribution >= 0.6 is 0 Å². The van der Waals surface area contributed by atoms with Gasteiger partial charge < -0.3 is 23.7 Å². The first-order valence-corrected chi connectivity index (χ1v) is 10.0. The van der Waals surface area contributed by atoms with Gasteiger partial charge in [-0.1, -0.05) is 12.1 Å². The van der Waals surface area contributed by atoms with Gasteiger partial charge in [-0.15, -0.1) is 0 Å². The van der Waals surface area contributed by atoms with Gasteiger partial charge in [0.15, 0.2) is 11.5 Å². The molecule has 0 heterocycles. The van der Waals surface area contributed by atoms with Crippen LogP contribution in [0.1, 0.15) is 0 Å². The number of nitro benzene ring substituents is 3. The Bertz CT molecular complexity index is 971. The molecule has 0 aliphatic rings. The van der Waals surface area contributed by atoms with Gasteiger partial charge in [0, 0.05) is 12.1 Å². The van der Waals surface area contributed by atoms with Gasteiger partial charge in [-0.25, -0.2) is 0 Å². The number of ether oxygens (including phenoxy) is 5. The Hall–Kier alpha value is -3.88. The van der Waals surface area contributed by atoms with Crippen LogP contribution in [0, 0.1) is 30.3 Å². The van der Waals surface area contributed by atoms with Crippen LogP contribution in [-0.2, 0) is 14.2 Å². The molecular weight excluding hydrogens is 458 g/mol. The van der Waals surface area contributed by atoms with E-state index in [-0.39, 0.29) is 56.8 Å². The van der Waals surface area contributed by atoms with Crippen LogP contribution in [0.5, 0.6) is 11.5 Å². The zero-order valence-corrected chi connectivity index (χ0v) is 18.0. The van der Waals surface area contributed by atoms with E-state index in [2.05, 4.69) is 0 Å². The summed E-state index contributed by atoms with van der Waals surface area (Å²) in [5.74, 6) is 0.0927. The third kappa shape index (κ3) is 8.93. The van der Waals surface area contributed by atoms with Crippen molar-refractivity contribution in [2.24, 2.45) is 0 Å². The number of non-ortho nitro benzene ring substituents is 1. The molecule has 0 radical (unpaired) electrons. The lowest BCUT2D eigenvalue weighted by atomic mass is 10.2. The number of nitro groups is 3. The summed E-state index contributed by atoms with van der Waals surface area (Å²) in [7, 11) is 0. The minimum atomic E-state index is -0.753. The van der Waals surface area contributed by atoms with Crippen LogP contribution in [0.3, 0.4) is 0 Å². The molecule has 0 aliphatic carbocycles. The molecule has 14 nitrogen and oxygen atoms in total. The summed E-state index contributed by atoms with van der Waals surface area (Å²) < 4.78 is 26.6. The van der Waals surface area contributed by atoms with E-state index < -0.39 is 26.1 Å². The Labute approximate surface area is 193 Å². The summed E-state index contributed by atoms with van der Waals surface area (Å²) in [6.07, 6.45) is 0. The van der Waals surface area contributed by atoms with Gasteiger partial charge >= 0.3 is 11.4 Å². The van der Waals surface area contributed by atoms with Crippen LogP contribution in [0.4, 0.5) is 17.1 Å². The van der Waals surface area contributed by atoms with Gasteiger partial charge in [0.2, 0.25) is 0 Å². The number of hydrogen-bond donors (Lipinski definition) is 0. The molecule has 0 saturated carbocycles. The second-order valence-electron chi connectivity index (χ2n) is 6.43. The summed E-state index contributed by atoms with van der Waals surface area (Å²) >= 11 is 0. The topological polar surface area (TPSA) is 176 Å². The highest BCUT2D eigenvalue weighted by Crippen LogP contribution is 2.30. The molecule has 34 heavy (non-hydrogen) atoms. The number of nitrogens with zero attached hydrogens (tertiary/aromatic N) is 3. The highest BCUT2D eigenvalue weighted by Gasteiger charge is 2.20. The lowest BCUT2D eigenvalue weighted by Crippen LogP contribution is -2.14. The maximum Gasteiger partial charge on any atom is 0.317 e. The van der Waals surface area contributed by atoms with Gasteiger partial charge in [-0.05, 0) is 12.1 Å². The molecule has 0 aliphatic heterocycles. The fourth-order valence-electron chi connectivity index (χ4n) is 2.58. The molecule has 0 atom stereocenters. The average molecular weight is 481 g/mol. The predicted molar refractivity (Wildman–Crippen MR) is 116 cm³/mol. The maximum atomic E-state index is 11.0. The van der Waals surface area contributed by atoms with Crippen molar-refractivity contribution in [1.82, 2.24) is 0 Å². The molecule has 2 rings (SSSR count). The molecule has 0 aromatic heterocycles. The van der Waals surface area contributed by atoms with Crippen molar-refractivity contribution in [2.75, 3.05) is 52.9 Å². The Balaban J connectivity index is 1.49. The zero-order valence-electron chi connectivity index (χ0n) is 18.0. The number of para-hydroxylation sites is 2. The van der Waals surface area contributed by atoms with E-state index in [1.54, 1.807) is 12.1 Å². The standard InChI is InChI=1S/C20H23N3O11/c24-21(25)16-5-6-20(18(15-16)23(28)29)34-14-12-32-10-8-30-7-9-31-11-13-33-19-4-2-1-3-17(19)22(26)27/h1-6,15H,7-14H2. The summed E-state index contributed by atoms with van der Waals surface area (Å²) in [6, 6.07) is 9.20. The first-order valence-electron chi connectivity index (χ1n) is 10.0. The first-order chi connectivity index (χ1) is 16.4. The van der Waals surface area contributed by atoms with Gasteiger partial charge in [0.05, 0.1) is 60.5 Å². The summed E-state index contributed by atoms with van der Waals surface area (Å²) in [4.78, 5) is 30.6. The molecule has 0 amide bonds. The molecule has 0 bridgehead atoms. The Morgan fingerprint density at radius 2 is 1.03 bits per heavy atom. The smallest absolute Gasteiger partial charge is 0.317 e. The Kier molecular flexibility index (Phi) is 11.1. The summed E-state index contributed by atoms with van der Waals surface area (Å²) in [5.41, 5.74) is -1.00. The average Bonchev–Trinajstić information content (AvgIpc) is 2.82. The molecule has 0 N–H and O–H groups in total. The van der Waals surface area contributed by atoms with E-state index in [1.807, 2.05) is 0 Å². The normalized spacial score (nSPS) is 10.6. The van der Waals surface area contributed by atoms with Gasteiger partial charge in [-0.2, -0.15) is 0 Å². The molecule has 0 spiro atoms. The summed E-state index contributed by atoms with van der Waals surface area (Å²) in [6.45, 7) is 1.69. The zero-order chi connectivity index (χ0) is 24.8. The highest BCUT2D eigenvalue weighted by molar-refractivity contribution is 5.53. The Morgan fingerprint density at radius 3 is 1.53 bits per heavy atom. The minimum Gasteiger partial charge on any atom is -0.484 e. The second kappa shape index (κ2) is 14.3. The van der Waals surface area contributed by atoms with E-state index >= 15 is 0 Å². The van der Waals surface area contributed by atoms with Crippen LogP contribution in [-0.4, -0.2) is 67.6 Å². The number of hydrogen-bond acceptors (Lipinski definition) is 11. The maximum absolute atomic E-state index is 11.0. The minimum absolute atomic E-state index is 0.0152. The Morgan fingerprint density at radius 1 is 0.559 bits per heavy atom. The van der Waals surface area contributed by atoms with Crippen molar-refractivity contribution >= 4 is 17.1 Å². The fraction of sp³-hybridized carbons (Fsp3) is 0.400. The molecule has 0 saturated heterocycles. The van der Waals surface area contributed by atoms with Crippen molar-refractivity contribution in [2.45, 2.75) is 0 Å². The van der Waals surface area contributed by atoms with Crippen LogP contribution in [0.25, 0.3) is 0 Å². The largest absolute Gasteiger partial charge is 0.484 e. The third-order valence-electron chi connectivity index (χ3n) is 4.13. The predicted octanol–water partition coefficient (Wildman–Crippen LogP) is 2.92. The SMILES string of the molecule is O=[N+]([O-])c1ccc(OCCOCCOCCOCCOc2ccccc2[N+](=O)[O-])c([N+](=O)[O-])c1. The lowest BCUT2D eigenvalue weighted by molar-refractivity contribution is -0.394. The van der Waals surface area contributed by atoms with Crippen molar-refractivity contribution in [3.63, 3.8) is 0 Å². The van der Waals surface area contributed by atoms with E-state index in [0.717, 1.165) is 12.1 Å². The first kappa shape index (κ1) is 26.4. The lowest BCUT2D eigenvalue weighted by Gasteiger charge is -2.09. The van der Waals surface area contributed by atoms with Crippen LogP contribution in [0.15, 0.2) is 42.5 Å².